The first kappa shape index (κ1) is 11.7. The zero-order chi connectivity index (χ0) is 13.0. The number of hydrogen-bond acceptors (Lipinski definition) is 3. The SMILES string of the molecule is N#C/C(=C\c1ccc(O)cc1)c1ccc(N)cc1. The molecule has 0 atom stereocenters. The van der Waals surface area contributed by atoms with Crippen LogP contribution in [0.3, 0.4) is 0 Å². The fourth-order valence-electron chi connectivity index (χ4n) is 1.58. The van der Waals surface area contributed by atoms with Crippen LogP contribution in [0.1, 0.15) is 11.1 Å². The highest BCUT2D eigenvalue weighted by atomic mass is 16.3. The molecule has 3 nitrogen and oxygen atoms in total. The Morgan fingerprint density at radius 3 is 2.22 bits per heavy atom. The molecule has 0 heterocycles. The van der Waals surface area contributed by atoms with E-state index in [4.69, 9.17) is 11.0 Å². The van der Waals surface area contributed by atoms with E-state index in [1.807, 2.05) is 12.1 Å². The Morgan fingerprint density at radius 1 is 1.06 bits per heavy atom. The summed E-state index contributed by atoms with van der Waals surface area (Å²) in [5, 5.41) is 18.4. The van der Waals surface area contributed by atoms with Gasteiger partial charge in [-0.2, -0.15) is 5.26 Å². The van der Waals surface area contributed by atoms with Crippen LogP contribution < -0.4 is 5.73 Å². The number of anilines is 1. The molecule has 0 saturated carbocycles. The van der Waals surface area contributed by atoms with Crippen molar-refractivity contribution in [1.82, 2.24) is 0 Å². The standard InChI is InChI=1S/C15H12N2O/c16-10-13(12-3-5-14(17)6-4-12)9-11-1-7-15(18)8-2-11/h1-9,18H,17H2/b13-9+. The van der Waals surface area contributed by atoms with Crippen molar-refractivity contribution in [2.24, 2.45) is 0 Å². The van der Waals surface area contributed by atoms with Crippen LogP contribution in [0.25, 0.3) is 11.6 Å². The van der Waals surface area contributed by atoms with Crippen LogP contribution in [0.5, 0.6) is 5.75 Å². The second-order valence-corrected chi connectivity index (χ2v) is 3.88. The number of rotatable bonds is 2. The molecule has 18 heavy (non-hydrogen) atoms. The molecule has 2 rings (SSSR count). The number of nitrogens with zero attached hydrogens (tertiary/aromatic N) is 1. The number of nitrogen functional groups attached to an aromatic ring is 1. The topological polar surface area (TPSA) is 70.0 Å². The summed E-state index contributed by atoms with van der Waals surface area (Å²) in [6.45, 7) is 0. The van der Waals surface area contributed by atoms with Gasteiger partial charge in [0.2, 0.25) is 0 Å². The van der Waals surface area contributed by atoms with Crippen molar-refractivity contribution in [1.29, 1.82) is 5.26 Å². The quantitative estimate of drug-likeness (QED) is 0.478. The summed E-state index contributed by atoms with van der Waals surface area (Å²) in [4.78, 5) is 0. The molecule has 0 aliphatic carbocycles. The maximum atomic E-state index is 9.20. The van der Waals surface area contributed by atoms with E-state index < -0.39 is 0 Å². The van der Waals surface area contributed by atoms with Gasteiger partial charge < -0.3 is 10.8 Å². The Kier molecular flexibility index (Phi) is 3.31. The van der Waals surface area contributed by atoms with E-state index in [1.165, 1.54) is 0 Å². The maximum absolute atomic E-state index is 9.20. The first-order valence-corrected chi connectivity index (χ1v) is 5.46. The molecule has 0 spiro atoms. The molecule has 88 valence electrons. The molecule has 0 unspecified atom stereocenters. The van der Waals surface area contributed by atoms with E-state index >= 15 is 0 Å². The number of nitriles is 1. The van der Waals surface area contributed by atoms with Crippen LogP contribution in [-0.4, -0.2) is 5.11 Å². The Hall–Kier alpha value is -2.73. The third-order valence-corrected chi connectivity index (χ3v) is 2.55. The van der Waals surface area contributed by atoms with E-state index in [1.54, 1.807) is 42.5 Å². The summed E-state index contributed by atoms with van der Waals surface area (Å²) in [7, 11) is 0. The molecule has 0 saturated heterocycles. The van der Waals surface area contributed by atoms with Gasteiger partial charge in [0.25, 0.3) is 0 Å². The van der Waals surface area contributed by atoms with Crippen molar-refractivity contribution in [2.45, 2.75) is 0 Å². The minimum absolute atomic E-state index is 0.207. The van der Waals surface area contributed by atoms with E-state index in [2.05, 4.69) is 6.07 Å². The molecule has 0 aliphatic heterocycles. The summed E-state index contributed by atoms with van der Waals surface area (Å²) in [6, 6.07) is 16.0. The lowest BCUT2D eigenvalue weighted by atomic mass is 10.0. The lowest BCUT2D eigenvalue weighted by molar-refractivity contribution is 0.475. The van der Waals surface area contributed by atoms with E-state index in [0.717, 1.165) is 11.1 Å². The van der Waals surface area contributed by atoms with Crippen molar-refractivity contribution in [2.75, 3.05) is 5.73 Å². The fraction of sp³-hybridized carbons (Fsp3) is 0. The molecular formula is C15H12N2O. The fourth-order valence-corrected chi connectivity index (χ4v) is 1.58. The van der Waals surface area contributed by atoms with Gasteiger partial charge in [-0.1, -0.05) is 24.3 Å². The molecule has 2 aromatic carbocycles. The Balaban J connectivity index is 2.37. The van der Waals surface area contributed by atoms with Crippen molar-refractivity contribution in [3.05, 3.63) is 59.7 Å². The van der Waals surface area contributed by atoms with Crippen LogP contribution in [0.15, 0.2) is 48.5 Å². The number of hydrogen-bond donors (Lipinski definition) is 2. The summed E-state index contributed by atoms with van der Waals surface area (Å²) in [5.41, 5.74) is 8.51. The van der Waals surface area contributed by atoms with Crippen molar-refractivity contribution in [3.63, 3.8) is 0 Å². The van der Waals surface area contributed by atoms with Crippen molar-refractivity contribution in [3.8, 4) is 11.8 Å². The zero-order valence-electron chi connectivity index (χ0n) is 9.67. The van der Waals surface area contributed by atoms with Gasteiger partial charge in [-0.05, 0) is 41.5 Å². The first-order valence-electron chi connectivity index (χ1n) is 5.46. The molecule has 3 heteroatoms. The molecular weight excluding hydrogens is 224 g/mol. The van der Waals surface area contributed by atoms with E-state index in [0.29, 0.717) is 11.3 Å². The van der Waals surface area contributed by atoms with Gasteiger partial charge in [-0.3, -0.25) is 0 Å². The summed E-state index contributed by atoms with van der Waals surface area (Å²) in [5.74, 6) is 0.207. The number of phenolic OH excluding ortho intramolecular Hbond substituents is 1. The molecule has 3 N–H and O–H groups in total. The highest BCUT2D eigenvalue weighted by Crippen LogP contribution is 2.20. The Morgan fingerprint density at radius 2 is 1.67 bits per heavy atom. The third kappa shape index (κ3) is 2.69. The normalized spacial score (nSPS) is 10.9. The highest BCUT2D eigenvalue weighted by Gasteiger charge is 2.00. The van der Waals surface area contributed by atoms with Gasteiger partial charge >= 0.3 is 0 Å². The lowest BCUT2D eigenvalue weighted by Gasteiger charge is -2.01. The average Bonchev–Trinajstić information content (AvgIpc) is 2.39. The second-order valence-electron chi connectivity index (χ2n) is 3.88. The van der Waals surface area contributed by atoms with Gasteiger partial charge in [0.15, 0.2) is 0 Å². The van der Waals surface area contributed by atoms with Crippen LogP contribution in [0, 0.1) is 11.3 Å². The van der Waals surface area contributed by atoms with Gasteiger partial charge in [-0.25, -0.2) is 0 Å². The van der Waals surface area contributed by atoms with Crippen LogP contribution in [-0.2, 0) is 0 Å². The van der Waals surface area contributed by atoms with Crippen molar-refractivity contribution >= 4 is 17.3 Å². The van der Waals surface area contributed by atoms with Crippen LogP contribution >= 0.6 is 0 Å². The molecule has 0 bridgehead atoms. The number of aromatic hydroxyl groups is 1. The lowest BCUT2D eigenvalue weighted by Crippen LogP contribution is -1.86. The summed E-state index contributed by atoms with van der Waals surface area (Å²) < 4.78 is 0. The molecule has 0 amide bonds. The average molecular weight is 236 g/mol. The number of phenols is 1. The third-order valence-electron chi connectivity index (χ3n) is 2.55. The smallest absolute Gasteiger partial charge is 0.115 e. The highest BCUT2D eigenvalue weighted by molar-refractivity contribution is 5.89. The maximum Gasteiger partial charge on any atom is 0.115 e. The van der Waals surface area contributed by atoms with Crippen molar-refractivity contribution < 1.29 is 5.11 Å². The number of benzene rings is 2. The minimum Gasteiger partial charge on any atom is -0.508 e. The van der Waals surface area contributed by atoms with Crippen LogP contribution in [0.4, 0.5) is 5.69 Å². The molecule has 0 aromatic heterocycles. The number of allylic oxidation sites excluding steroid dienone is 1. The first-order chi connectivity index (χ1) is 8.69. The zero-order valence-corrected chi connectivity index (χ0v) is 9.67. The van der Waals surface area contributed by atoms with E-state index in [9.17, 15) is 5.11 Å². The second kappa shape index (κ2) is 5.07. The minimum atomic E-state index is 0.207. The number of nitrogens with two attached hydrogens (primary N) is 1. The molecule has 2 aromatic rings. The molecule has 0 aliphatic rings. The largest absolute Gasteiger partial charge is 0.508 e. The predicted molar refractivity (Wildman–Crippen MR) is 72.4 cm³/mol. The molecule has 0 fully saturated rings. The Bertz CT molecular complexity index is 604. The monoisotopic (exact) mass is 236 g/mol. The summed E-state index contributed by atoms with van der Waals surface area (Å²) in [6.07, 6.45) is 1.77. The van der Waals surface area contributed by atoms with Gasteiger partial charge in [0.05, 0.1) is 11.6 Å². The van der Waals surface area contributed by atoms with E-state index in [-0.39, 0.29) is 5.75 Å². The Labute approximate surface area is 105 Å². The van der Waals surface area contributed by atoms with Gasteiger partial charge in [0, 0.05) is 5.69 Å². The van der Waals surface area contributed by atoms with Crippen LogP contribution in [0.2, 0.25) is 0 Å². The summed E-state index contributed by atoms with van der Waals surface area (Å²) >= 11 is 0. The van der Waals surface area contributed by atoms with Gasteiger partial charge in [-0.15, -0.1) is 0 Å². The predicted octanol–water partition coefficient (Wildman–Crippen LogP) is 3.04. The van der Waals surface area contributed by atoms with Gasteiger partial charge in [0.1, 0.15) is 5.75 Å². The molecule has 0 radical (unpaired) electrons.